The lowest BCUT2D eigenvalue weighted by atomic mass is 9.80. The van der Waals surface area contributed by atoms with E-state index >= 15 is 0 Å². The molecule has 10 heavy (non-hydrogen) atoms. The van der Waals surface area contributed by atoms with Gasteiger partial charge in [-0.1, -0.05) is 0 Å². The predicted octanol–water partition coefficient (Wildman–Crippen LogP) is -0.294. The largest absolute Gasteiger partial charge is 0.350 e. The second kappa shape index (κ2) is 2.24. The lowest BCUT2D eigenvalue weighted by molar-refractivity contribution is 0.0248. The van der Waals surface area contributed by atoms with Gasteiger partial charge in [0.1, 0.15) is 0 Å². The highest BCUT2D eigenvalue weighted by Crippen LogP contribution is 2.29. The summed E-state index contributed by atoms with van der Waals surface area (Å²) >= 11 is 0. The molecule has 0 bridgehead atoms. The van der Waals surface area contributed by atoms with Crippen LogP contribution >= 0.6 is 0 Å². The van der Waals surface area contributed by atoms with Gasteiger partial charge in [-0.15, -0.1) is 0 Å². The Kier molecular flexibility index (Phi) is 1.50. The molecule has 2 aliphatic heterocycles. The molecule has 2 heterocycles. The van der Waals surface area contributed by atoms with E-state index in [0.717, 1.165) is 12.5 Å². The van der Waals surface area contributed by atoms with E-state index in [1.54, 1.807) is 0 Å². The highest BCUT2D eigenvalue weighted by atomic mass is 15.2. The SMILES string of the molecule is [B]N1CC2CN(C)CCC21. The Morgan fingerprint density at radius 1 is 1.40 bits per heavy atom. The Morgan fingerprint density at radius 2 is 2.20 bits per heavy atom. The zero-order valence-corrected chi connectivity index (χ0v) is 6.45. The molecule has 0 amide bonds. The molecule has 0 aromatic carbocycles. The second-order valence-electron chi connectivity index (χ2n) is 3.58. The van der Waals surface area contributed by atoms with Gasteiger partial charge < -0.3 is 9.71 Å². The summed E-state index contributed by atoms with van der Waals surface area (Å²) in [6, 6.07) is 0.705. The first kappa shape index (κ1) is 6.68. The molecule has 3 heteroatoms. The number of nitrogens with zero attached hydrogens (tertiary/aromatic N) is 2. The third kappa shape index (κ3) is 0.885. The maximum Gasteiger partial charge on any atom is 0.182 e. The monoisotopic (exact) mass is 136 g/mol. The van der Waals surface area contributed by atoms with Crippen LogP contribution in [0.3, 0.4) is 0 Å². The van der Waals surface area contributed by atoms with Crippen molar-refractivity contribution < 1.29 is 0 Å². The number of fused-ring (bicyclic) bond motifs is 1. The van der Waals surface area contributed by atoms with Crippen LogP contribution in [0.5, 0.6) is 0 Å². The Hall–Kier alpha value is -0.0151. The van der Waals surface area contributed by atoms with E-state index in [0.29, 0.717) is 6.04 Å². The van der Waals surface area contributed by atoms with Crippen LogP contribution < -0.4 is 0 Å². The second-order valence-corrected chi connectivity index (χ2v) is 3.58. The van der Waals surface area contributed by atoms with Crippen LogP contribution in [-0.4, -0.2) is 50.4 Å². The molecular formula is C7H13BN2. The molecule has 2 fully saturated rings. The van der Waals surface area contributed by atoms with Gasteiger partial charge in [0.25, 0.3) is 0 Å². The maximum absolute atomic E-state index is 5.69. The lowest BCUT2D eigenvalue weighted by Gasteiger charge is -2.52. The highest BCUT2D eigenvalue weighted by molar-refractivity contribution is 6.05. The van der Waals surface area contributed by atoms with Crippen LogP contribution in [-0.2, 0) is 0 Å². The van der Waals surface area contributed by atoms with Gasteiger partial charge in [0, 0.05) is 12.6 Å². The van der Waals surface area contributed by atoms with Crippen molar-refractivity contribution in [3.63, 3.8) is 0 Å². The zero-order valence-electron chi connectivity index (χ0n) is 6.45. The van der Waals surface area contributed by atoms with Crippen molar-refractivity contribution in [2.75, 3.05) is 26.7 Å². The van der Waals surface area contributed by atoms with Crippen LogP contribution in [0.25, 0.3) is 0 Å². The molecule has 0 saturated carbocycles. The lowest BCUT2D eigenvalue weighted by Crippen LogP contribution is -2.61. The van der Waals surface area contributed by atoms with Crippen molar-refractivity contribution >= 4 is 7.98 Å². The van der Waals surface area contributed by atoms with Gasteiger partial charge in [-0.25, -0.2) is 0 Å². The average Bonchev–Trinajstić information content (AvgIpc) is 1.86. The van der Waals surface area contributed by atoms with Crippen LogP contribution in [0, 0.1) is 5.92 Å². The van der Waals surface area contributed by atoms with E-state index in [2.05, 4.69) is 11.9 Å². The Bertz CT molecular complexity index is 138. The fraction of sp³-hybridized carbons (Fsp3) is 1.00. The molecule has 0 N–H and O–H groups in total. The summed E-state index contributed by atoms with van der Waals surface area (Å²) in [7, 11) is 7.88. The van der Waals surface area contributed by atoms with Gasteiger partial charge in [0.05, 0.1) is 0 Å². The average molecular weight is 136 g/mol. The summed E-state index contributed by atoms with van der Waals surface area (Å²) in [4.78, 5) is 4.38. The zero-order chi connectivity index (χ0) is 7.14. The smallest absolute Gasteiger partial charge is 0.182 e. The molecular weight excluding hydrogens is 123 g/mol. The highest BCUT2D eigenvalue weighted by Gasteiger charge is 2.38. The first-order valence-electron chi connectivity index (χ1n) is 3.97. The molecule has 2 aliphatic rings. The fourth-order valence-electron chi connectivity index (χ4n) is 2.09. The summed E-state index contributed by atoms with van der Waals surface area (Å²) in [5.41, 5.74) is 0. The van der Waals surface area contributed by atoms with Crippen LogP contribution in [0.4, 0.5) is 0 Å². The predicted molar refractivity (Wildman–Crippen MR) is 41.9 cm³/mol. The van der Waals surface area contributed by atoms with E-state index in [1.807, 2.05) is 4.81 Å². The van der Waals surface area contributed by atoms with Gasteiger partial charge in [-0.2, -0.15) is 0 Å². The number of hydrogen-bond acceptors (Lipinski definition) is 2. The standard InChI is InChI=1S/C7H13BN2/c1-9-3-2-7-6(4-9)5-10(7)8/h6-7H,2-5H2,1H3. The van der Waals surface area contributed by atoms with E-state index in [-0.39, 0.29) is 0 Å². The van der Waals surface area contributed by atoms with E-state index in [9.17, 15) is 0 Å². The summed E-state index contributed by atoms with van der Waals surface area (Å²) in [5.74, 6) is 0.865. The molecule has 0 aliphatic carbocycles. The number of piperidine rings is 1. The third-order valence-electron chi connectivity index (χ3n) is 2.77. The van der Waals surface area contributed by atoms with Crippen molar-refractivity contribution in [3.8, 4) is 0 Å². The first-order chi connectivity index (χ1) is 4.77. The minimum absolute atomic E-state index is 0.705. The van der Waals surface area contributed by atoms with Crippen molar-refractivity contribution in [2.45, 2.75) is 12.5 Å². The fourth-order valence-corrected chi connectivity index (χ4v) is 2.09. The molecule has 54 valence electrons. The summed E-state index contributed by atoms with van der Waals surface area (Å²) < 4.78 is 0. The van der Waals surface area contributed by atoms with Gasteiger partial charge in [0.2, 0.25) is 0 Å². The minimum Gasteiger partial charge on any atom is -0.350 e. The summed E-state index contributed by atoms with van der Waals surface area (Å²) in [6.07, 6.45) is 1.26. The normalized spacial score (nSPS) is 42.5. The molecule has 0 aromatic rings. The minimum atomic E-state index is 0.705. The van der Waals surface area contributed by atoms with Crippen LogP contribution in [0.15, 0.2) is 0 Å². The molecule has 2 saturated heterocycles. The Labute approximate surface area is 63.6 Å². The van der Waals surface area contributed by atoms with E-state index < -0.39 is 0 Å². The topological polar surface area (TPSA) is 6.48 Å². The molecule has 2 atom stereocenters. The molecule has 0 aromatic heterocycles. The molecule has 0 spiro atoms. The van der Waals surface area contributed by atoms with Gasteiger partial charge >= 0.3 is 0 Å². The van der Waals surface area contributed by atoms with E-state index in [1.165, 1.54) is 19.5 Å². The Balaban J connectivity index is 1.93. The number of likely N-dealkylation sites (tertiary alicyclic amines) is 1. The molecule has 2 unspecified atom stereocenters. The summed E-state index contributed by atoms with van der Waals surface area (Å²) in [5, 5.41) is 0. The van der Waals surface area contributed by atoms with Crippen LogP contribution in [0.2, 0.25) is 0 Å². The van der Waals surface area contributed by atoms with Crippen LogP contribution in [0.1, 0.15) is 6.42 Å². The van der Waals surface area contributed by atoms with Crippen molar-refractivity contribution in [1.82, 2.24) is 9.71 Å². The van der Waals surface area contributed by atoms with Gasteiger partial charge in [0.15, 0.2) is 7.98 Å². The van der Waals surface area contributed by atoms with E-state index in [4.69, 9.17) is 7.98 Å². The number of hydrogen-bond donors (Lipinski definition) is 0. The third-order valence-corrected chi connectivity index (χ3v) is 2.77. The quantitative estimate of drug-likeness (QED) is 0.422. The van der Waals surface area contributed by atoms with Gasteiger partial charge in [-0.05, 0) is 32.5 Å². The van der Waals surface area contributed by atoms with Crippen molar-refractivity contribution in [3.05, 3.63) is 0 Å². The number of rotatable bonds is 0. The molecule has 2 nitrogen and oxygen atoms in total. The van der Waals surface area contributed by atoms with Gasteiger partial charge in [-0.3, -0.25) is 0 Å². The summed E-state index contributed by atoms with van der Waals surface area (Å²) in [6.45, 7) is 3.57. The first-order valence-corrected chi connectivity index (χ1v) is 3.97. The molecule has 2 rings (SSSR count). The maximum atomic E-state index is 5.69. The molecule has 2 radical (unpaired) electrons. The Morgan fingerprint density at radius 3 is 2.80 bits per heavy atom. The van der Waals surface area contributed by atoms with Crippen molar-refractivity contribution in [1.29, 1.82) is 0 Å². The van der Waals surface area contributed by atoms with Crippen molar-refractivity contribution in [2.24, 2.45) is 5.92 Å².